The van der Waals surface area contributed by atoms with Gasteiger partial charge in [0.15, 0.2) is 5.82 Å². The number of rotatable bonds is 7. The highest BCUT2D eigenvalue weighted by Gasteiger charge is 2.13. The molecule has 5 heteroatoms. The highest BCUT2D eigenvalue weighted by Crippen LogP contribution is 2.11. The van der Waals surface area contributed by atoms with Crippen LogP contribution in [0.15, 0.2) is 6.07 Å². The van der Waals surface area contributed by atoms with Gasteiger partial charge in [-0.3, -0.25) is 9.89 Å². The Hall–Kier alpha value is -1.36. The predicted molar refractivity (Wildman–Crippen MR) is 68.7 cm³/mol. The molecule has 1 aromatic heterocycles. The molecule has 1 amide bonds. The number of amides is 1. The lowest BCUT2D eigenvalue weighted by Crippen LogP contribution is -2.21. The molecule has 0 aliphatic heterocycles. The van der Waals surface area contributed by atoms with Crippen LogP contribution in [-0.4, -0.2) is 22.6 Å². The van der Waals surface area contributed by atoms with Crippen molar-refractivity contribution in [3.05, 3.63) is 11.8 Å². The molecule has 5 nitrogen and oxygen atoms in total. The SMILES string of the molecule is CCCc1cc(NC(=O)C(C)CCCN)n[nH]1. The zero-order valence-electron chi connectivity index (χ0n) is 10.6. The van der Waals surface area contributed by atoms with Crippen LogP contribution in [0, 0.1) is 5.92 Å². The third-order valence-corrected chi connectivity index (χ3v) is 2.69. The van der Waals surface area contributed by atoms with E-state index in [1.54, 1.807) is 0 Å². The standard InChI is InChI=1S/C12H22N4O/c1-3-5-10-8-11(16-15-10)14-12(17)9(2)6-4-7-13/h8-9H,3-7,13H2,1-2H3,(H2,14,15,16,17). The highest BCUT2D eigenvalue weighted by atomic mass is 16.1. The number of hydrogen-bond donors (Lipinski definition) is 3. The Labute approximate surface area is 102 Å². The lowest BCUT2D eigenvalue weighted by Gasteiger charge is -2.09. The summed E-state index contributed by atoms with van der Waals surface area (Å²) in [5, 5.41) is 9.77. The molecule has 1 unspecified atom stereocenters. The van der Waals surface area contributed by atoms with E-state index in [1.807, 2.05) is 13.0 Å². The molecule has 0 bridgehead atoms. The molecule has 4 N–H and O–H groups in total. The number of aromatic nitrogens is 2. The van der Waals surface area contributed by atoms with Crippen LogP contribution >= 0.6 is 0 Å². The Morgan fingerprint density at radius 1 is 1.65 bits per heavy atom. The number of aryl methyl sites for hydroxylation is 1. The average Bonchev–Trinajstić information content (AvgIpc) is 2.74. The van der Waals surface area contributed by atoms with Gasteiger partial charge in [-0.1, -0.05) is 20.3 Å². The molecule has 1 heterocycles. The molecular formula is C12H22N4O. The number of nitrogens with two attached hydrogens (primary N) is 1. The van der Waals surface area contributed by atoms with Gasteiger partial charge in [-0.25, -0.2) is 0 Å². The van der Waals surface area contributed by atoms with Crippen molar-refractivity contribution < 1.29 is 4.79 Å². The van der Waals surface area contributed by atoms with Crippen molar-refractivity contribution in [1.82, 2.24) is 10.2 Å². The lowest BCUT2D eigenvalue weighted by molar-refractivity contribution is -0.119. The molecule has 0 aliphatic carbocycles. The van der Waals surface area contributed by atoms with Crippen LogP contribution < -0.4 is 11.1 Å². The van der Waals surface area contributed by atoms with E-state index in [0.29, 0.717) is 12.4 Å². The molecule has 96 valence electrons. The summed E-state index contributed by atoms with van der Waals surface area (Å²) >= 11 is 0. The number of carbonyl (C=O) groups is 1. The molecule has 1 rings (SSSR count). The van der Waals surface area contributed by atoms with E-state index in [0.717, 1.165) is 31.4 Å². The minimum atomic E-state index is -0.0233. The molecule has 0 aliphatic rings. The number of hydrogen-bond acceptors (Lipinski definition) is 3. The van der Waals surface area contributed by atoms with E-state index in [4.69, 9.17) is 5.73 Å². The van der Waals surface area contributed by atoms with Gasteiger partial charge in [0.25, 0.3) is 0 Å². The zero-order chi connectivity index (χ0) is 12.7. The van der Waals surface area contributed by atoms with Gasteiger partial charge in [0.2, 0.25) is 5.91 Å². The third-order valence-electron chi connectivity index (χ3n) is 2.69. The maximum absolute atomic E-state index is 11.8. The van der Waals surface area contributed by atoms with Crippen molar-refractivity contribution in [1.29, 1.82) is 0 Å². The van der Waals surface area contributed by atoms with Gasteiger partial charge in [0.05, 0.1) is 0 Å². The molecule has 17 heavy (non-hydrogen) atoms. The number of anilines is 1. The van der Waals surface area contributed by atoms with Crippen LogP contribution in [-0.2, 0) is 11.2 Å². The van der Waals surface area contributed by atoms with Crippen LogP contribution in [0.1, 0.15) is 38.8 Å². The van der Waals surface area contributed by atoms with Gasteiger partial charge in [-0.05, 0) is 25.8 Å². The summed E-state index contributed by atoms with van der Waals surface area (Å²) in [6, 6.07) is 1.89. The highest BCUT2D eigenvalue weighted by molar-refractivity contribution is 5.91. The Morgan fingerprint density at radius 3 is 3.06 bits per heavy atom. The summed E-state index contributed by atoms with van der Waals surface area (Å²) in [7, 11) is 0. The van der Waals surface area contributed by atoms with Gasteiger partial charge in [-0.2, -0.15) is 5.10 Å². The van der Waals surface area contributed by atoms with Crippen molar-refractivity contribution in [2.75, 3.05) is 11.9 Å². The fourth-order valence-electron chi connectivity index (χ4n) is 1.63. The molecule has 0 saturated carbocycles. The number of nitrogens with zero attached hydrogens (tertiary/aromatic N) is 1. The normalized spacial score (nSPS) is 12.4. The maximum Gasteiger partial charge on any atom is 0.228 e. The van der Waals surface area contributed by atoms with Crippen molar-refractivity contribution in [3.63, 3.8) is 0 Å². The van der Waals surface area contributed by atoms with E-state index in [9.17, 15) is 4.79 Å². The van der Waals surface area contributed by atoms with Gasteiger partial charge in [0, 0.05) is 17.7 Å². The average molecular weight is 238 g/mol. The smallest absolute Gasteiger partial charge is 0.228 e. The summed E-state index contributed by atoms with van der Waals surface area (Å²) in [5.74, 6) is 0.593. The van der Waals surface area contributed by atoms with Gasteiger partial charge < -0.3 is 11.1 Å². The molecule has 0 aromatic carbocycles. The van der Waals surface area contributed by atoms with Crippen molar-refractivity contribution >= 4 is 11.7 Å². The lowest BCUT2D eigenvalue weighted by atomic mass is 10.1. The quantitative estimate of drug-likeness (QED) is 0.675. The first kappa shape index (κ1) is 13.7. The summed E-state index contributed by atoms with van der Waals surface area (Å²) in [6.07, 6.45) is 3.69. The summed E-state index contributed by atoms with van der Waals surface area (Å²) in [4.78, 5) is 11.8. The monoisotopic (exact) mass is 238 g/mol. The molecule has 1 aromatic rings. The van der Waals surface area contributed by atoms with Gasteiger partial charge >= 0.3 is 0 Å². The molecule has 0 saturated heterocycles. The summed E-state index contributed by atoms with van der Waals surface area (Å²) in [5.41, 5.74) is 6.47. The fourth-order valence-corrected chi connectivity index (χ4v) is 1.63. The number of aromatic amines is 1. The first-order valence-corrected chi connectivity index (χ1v) is 6.22. The molecular weight excluding hydrogens is 216 g/mol. The van der Waals surface area contributed by atoms with Crippen LogP contribution in [0.25, 0.3) is 0 Å². The van der Waals surface area contributed by atoms with E-state index in [1.165, 1.54) is 0 Å². The van der Waals surface area contributed by atoms with Crippen molar-refractivity contribution in [3.8, 4) is 0 Å². The van der Waals surface area contributed by atoms with E-state index < -0.39 is 0 Å². The van der Waals surface area contributed by atoms with E-state index in [2.05, 4.69) is 22.4 Å². The van der Waals surface area contributed by atoms with Gasteiger partial charge in [-0.15, -0.1) is 0 Å². The second-order valence-corrected chi connectivity index (χ2v) is 4.35. The largest absolute Gasteiger partial charge is 0.330 e. The molecule has 1 atom stereocenters. The van der Waals surface area contributed by atoms with E-state index >= 15 is 0 Å². The topological polar surface area (TPSA) is 83.8 Å². The number of nitrogens with one attached hydrogen (secondary N) is 2. The Kier molecular flexibility index (Phi) is 5.69. The number of H-pyrrole nitrogens is 1. The van der Waals surface area contributed by atoms with Crippen LogP contribution in [0.4, 0.5) is 5.82 Å². The van der Waals surface area contributed by atoms with Crippen molar-refractivity contribution in [2.24, 2.45) is 11.7 Å². The second-order valence-electron chi connectivity index (χ2n) is 4.35. The molecule has 0 radical (unpaired) electrons. The van der Waals surface area contributed by atoms with Gasteiger partial charge in [0.1, 0.15) is 0 Å². The summed E-state index contributed by atoms with van der Waals surface area (Å²) in [6.45, 7) is 4.64. The van der Waals surface area contributed by atoms with E-state index in [-0.39, 0.29) is 11.8 Å². The second kappa shape index (κ2) is 7.06. The van der Waals surface area contributed by atoms with Crippen LogP contribution in [0.2, 0.25) is 0 Å². The van der Waals surface area contributed by atoms with Crippen molar-refractivity contribution in [2.45, 2.75) is 39.5 Å². The summed E-state index contributed by atoms with van der Waals surface area (Å²) < 4.78 is 0. The molecule has 0 spiro atoms. The fraction of sp³-hybridized carbons (Fsp3) is 0.667. The number of carbonyl (C=O) groups excluding carboxylic acids is 1. The first-order chi connectivity index (χ1) is 8.17. The predicted octanol–water partition coefficient (Wildman–Crippen LogP) is 1.68. The third kappa shape index (κ3) is 4.56. The Balaban J connectivity index is 2.43. The Bertz CT molecular complexity index is 348. The maximum atomic E-state index is 11.8. The zero-order valence-corrected chi connectivity index (χ0v) is 10.6. The van der Waals surface area contributed by atoms with Crippen LogP contribution in [0.3, 0.4) is 0 Å². The van der Waals surface area contributed by atoms with Crippen LogP contribution in [0.5, 0.6) is 0 Å². The Morgan fingerprint density at radius 2 is 2.41 bits per heavy atom. The molecule has 0 fully saturated rings. The minimum Gasteiger partial charge on any atom is -0.330 e. The minimum absolute atomic E-state index is 0.00741. The first-order valence-electron chi connectivity index (χ1n) is 6.22.